The van der Waals surface area contributed by atoms with E-state index in [2.05, 4.69) is 30.0 Å². The van der Waals surface area contributed by atoms with E-state index in [9.17, 15) is 0 Å². The Morgan fingerprint density at radius 3 is 2.71 bits per heavy atom. The molecule has 2 aliphatic rings. The number of rotatable bonds is 2. The summed E-state index contributed by atoms with van der Waals surface area (Å²) in [5, 5.41) is 0. The largest absolute Gasteiger partial charge is 0.353 e. The molecule has 1 saturated carbocycles. The van der Waals surface area contributed by atoms with Crippen LogP contribution in [0.25, 0.3) is 0 Å². The van der Waals surface area contributed by atoms with Gasteiger partial charge in [0.1, 0.15) is 5.82 Å². The Kier molecular flexibility index (Phi) is 3.04. The molecule has 1 aromatic heterocycles. The van der Waals surface area contributed by atoms with E-state index in [1.54, 1.807) is 0 Å². The molecule has 0 spiro atoms. The molecule has 0 N–H and O–H groups in total. The van der Waals surface area contributed by atoms with Gasteiger partial charge in [-0.15, -0.1) is 0 Å². The van der Waals surface area contributed by atoms with Crippen molar-refractivity contribution in [1.29, 1.82) is 0 Å². The van der Waals surface area contributed by atoms with Crippen molar-refractivity contribution in [2.75, 3.05) is 11.4 Å². The average molecular weight is 230 g/mol. The lowest BCUT2D eigenvalue weighted by atomic mass is 9.96. The average Bonchev–Trinajstić information content (AvgIpc) is 3.00. The minimum atomic E-state index is 0.770. The minimum Gasteiger partial charge on any atom is -0.353 e. The molecule has 1 aliphatic heterocycles. The number of aryl methyl sites for hydroxylation is 1. The van der Waals surface area contributed by atoms with Crippen molar-refractivity contribution in [2.45, 2.75) is 51.5 Å². The Labute approximate surface area is 104 Å². The molecule has 0 bridgehead atoms. The summed E-state index contributed by atoms with van der Waals surface area (Å²) >= 11 is 0. The minimum absolute atomic E-state index is 0.770. The standard InChI is InChI=1S/C15H22N2/c1-12-6-4-10-15(16-12)17-11-5-9-14(17)13-7-2-3-8-13/h4,6,10,13-14H,2-3,5,7-9,11H2,1H3. The third kappa shape index (κ3) is 2.18. The Bertz CT molecular complexity index is 382. The van der Waals surface area contributed by atoms with E-state index in [-0.39, 0.29) is 0 Å². The second kappa shape index (κ2) is 4.67. The molecule has 0 aromatic carbocycles. The van der Waals surface area contributed by atoms with Crippen LogP contribution in [0, 0.1) is 12.8 Å². The Hall–Kier alpha value is -1.05. The molecule has 3 rings (SSSR count). The van der Waals surface area contributed by atoms with E-state index < -0.39 is 0 Å². The molecule has 2 heterocycles. The number of pyridine rings is 1. The van der Waals surface area contributed by atoms with Gasteiger partial charge in [-0.2, -0.15) is 0 Å². The highest BCUT2D eigenvalue weighted by molar-refractivity contribution is 5.42. The zero-order valence-electron chi connectivity index (χ0n) is 10.7. The second-order valence-electron chi connectivity index (χ2n) is 5.58. The summed E-state index contributed by atoms with van der Waals surface area (Å²) in [5.41, 5.74) is 1.14. The highest BCUT2D eigenvalue weighted by atomic mass is 15.2. The lowest BCUT2D eigenvalue weighted by Gasteiger charge is -2.30. The predicted octanol–water partition coefficient (Wildman–Crippen LogP) is 3.55. The summed E-state index contributed by atoms with van der Waals surface area (Å²) in [4.78, 5) is 7.28. The van der Waals surface area contributed by atoms with Gasteiger partial charge in [0.25, 0.3) is 0 Å². The maximum atomic E-state index is 4.70. The smallest absolute Gasteiger partial charge is 0.129 e. The van der Waals surface area contributed by atoms with E-state index in [0.29, 0.717) is 0 Å². The third-order valence-electron chi connectivity index (χ3n) is 4.41. The van der Waals surface area contributed by atoms with E-state index in [4.69, 9.17) is 4.98 Å². The van der Waals surface area contributed by atoms with E-state index >= 15 is 0 Å². The topological polar surface area (TPSA) is 16.1 Å². The van der Waals surface area contributed by atoms with Crippen LogP contribution in [-0.4, -0.2) is 17.6 Å². The van der Waals surface area contributed by atoms with Crippen LogP contribution < -0.4 is 4.90 Å². The molecule has 1 aliphatic carbocycles. The molecule has 0 radical (unpaired) electrons. The van der Waals surface area contributed by atoms with Crippen LogP contribution in [0.4, 0.5) is 5.82 Å². The summed E-state index contributed by atoms with van der Waals surface area (Å²) < 4.78 is 0. The van der Waals surface area contributed by atoms with Crippen molar-refractivity contribution < 1.29 is 0 Å². The van der Waals surface area contributed by atoms with E-state index in [1.165, 1.54) is 50.9 Å². The molecule has 1 unspecified atom stereocenters. The van der Waals surface area contributed by atoms with Crippen LogP contribution in [0.15, 0.2) is 18.2 Å². The summed E-state index contributed by atoms with van der Waals surface area (Å²) in [7, 11) is 0. The predicted molar refractivity (Wildman–Crippen MR) is 71.3 cm³/mol. The van der Waals surface area contributed by atoms with Crippen molar-refractivity contribution in [1.82, 2.24) is 4.98 Å². The molecule has 17 heavy (non-hydrogen) atoms. The van der Waals surface area contributed by atoms with Crippen molar-refractivity contribution >= 4 is 5.82 Å². The number of nitrogens with zero attached hydrogens (tertiary/aromatic N) is 2. The summed E-state index contributed by atoms with van der Waals surface area (Å²) in [6.45, 7) is 3.29. The highest BCUT2D eigenvalue weighted by Gasteiger charge is 2.33. The molecule has 1 atom stereocenters. The molecule has 92 valence electrons. The van der Waals surface area contributed by atoms with Gasteiger partial charge >= 0.3 is 0 Å². The van der Waals surface area contributed by atoms with Gasteiger partial charge in [0.15, 0.2) is 0 Å². The molecule has 1 saturated heterocycles. The van der Waals surface area contributed by atoms with Gasteiger partial charge in [-0.3, -0.25) is 0 Å². The third-order valence-corrected chi connectivity index (χ3v) is 4.41. The van der Waals surface area contributed by atoms with Gasteiger partial charge in [0.05, 0.1) is 0 Å². The molecular weight excluding hydrogens is 208 g/mol. The Morgan fingerprint density at radius 2 is 1.94 bits per heavy atom. The fourth-order valence-corrected chi connectivity index (χ4v) is 3.60. The molecule has 0 amide bonds. The van der Waals surface area contributed by atoms with Crippen LogP contribution in [0.2, 0.25) is 0 Å². The molecule has 2 nitrogen and oxygen atoms in total. The first-order valence-electron chi connectivity index (χ1n) is 7.05. The van der Waals surface area contributed by atoms with Crippen LogP contribution in [0.3, 0.4) is 0 Å². The van der Waals surface area contributed by atoms with E-state index in [1.807, 2.05) is 0 Å². The number of aromatic nitrogens is 1. The molecule has 2 heteroatoms. The first-order chi connectivity index (χ1) is 8.34. The van der Waals surface area contributed by atoms with Crippen molar-refractivity contribution in [3.8, 4) is 0 Å². The van der Waals surface area contributed by atoms with Gasteiger partial charge in [-0.1, -0.05) is 18.9 Å². The van der Waals surface area contributed by atoms with Crippen LogP contribution in [0.1, 0.15) is 44.2 Å². The SMILES string of the molecule is Cc1cccc(N2CCCC2C2CCCC2)n1. The number of anilines is 1. The normalized spacial score (nSPS) is 25.7. The highest BCUT2D eigenvalue weighted by Crippen LogP contribution is 2.37. The zero-order chi connectivity index (χ0) is 11.7. The van der Waals surface area contributed by atoms with Gasteiger partial charge < -0.3 is 4.90 Å². The van der Waals surface area contributed by atoms with Crippen LogP contribution in [0.5, 0.6) is 0 Å². The van der Waals surface area contributed by atoms with Crippen LogP contribution in [-0.2, 0) is 0 Å². The maximum Gasteiger partial charge on any atom is 0.129 e. The van der Waals surface area contributed by atoms with Gasteiger partial charge in [0, 0.05) is 18.3 Å². The first-order valence-corrected chi connectivity index (χ1v) is 7.05. The molecular formula is C15H22N2. The summed E-state index contributed by atoms with van der Waals surface area (Å²) in [5.74, 6) is 2.14. The van der Waals surface area contributed by atoms with Gasteiger partial charge in [-0.25, -0.2) is 4.98 Å². The quantitative estimate of drug-likeness (QED) is 0.772. The first kappa shape index (κ1) is 11.1. The fourth-order valence-electron chi connectivity index (χ4n) is 3.60. The summed E-state index contributed by atoms with van der Waals surface area (Å²) in [6, 6.07) is 7.18. The molecule has 1 aromatic rings. The van der Waals surface area contributed by atoms with Gasteiger partial charge in [-0.05, 0) is 50.7 Å². The fraction of sp³-hybridized carbons (Fsp3) is 0.667. The Morgan fingerprint density at radius 1 is 1.12 bits per heavy atom. The second-order valence-corrected chi connectivity index (χ2v) is 5.58. The number of hydrogen-bond donors (Lipinski definition) is 0. The summed E-state index contributed by atoms with van der Waals surface area (Å²) in [6.07, 6.45) is 8.48. The number of hydrogen-bond acceptors (Lipinski definition) is 2. The maximum absolute atomic E-state index is 4.70. The van der Waals surface area contributed by atoms with Crippen molar-refractivity contribution in [2.24, 2.45) is 5.92 Å². The van der Waals surface area contributed by atoms with Gasteiger partial charge in [0.2, 0.25) is 0 Å². The van der Waals surface area contributed by atoms with Crippen molar-refractivity contribution in [3.05, 3.63) is 23.9 Å². The Balaban J connectivity index is 1.81. The van der Waals surface area contributed by atoms with Crippen LogP contribution >= 0.6 is 0 Å². The lowest BCUT2D eigenvalue weighted by molar-refractivity contribution is 0.429. The lowest BCUT2D eigenvalue weighted by Crippen LogP contribution is -2.35. The van der Waals surface area contributed by atoms with E-state index in [0.717, 1.165) is 17.7 Å². The monoisotopic (exact) mass is 230 g/mol. The molecule has 2 fully saturated rings. The zero-order valence-corrected chi connectivity index (χ0v) is 10.7. The van der Waals surface area contributed by atoms with Crippen molar-refractivity contribution in [3.63, 3.8) is 0 Å².